The van der Waals surface area contributed by atoms with Crippen LogP contribution >= 0.6 is 0 Å². The molecule has 0 aliphatic rings. The van der Waals surface area contributed by atoms with Crippen molar-refractivity contribution in [1.29, 1.82) is 0 Å². The molecule has 0 unspecified atom stereocenters. The number of hydrogen-bond acceptors (Lipinski definition) is 5. The summed E-state index contributed by atoms with van der Waals surface area (Å²) in [7, 11) is 0. The first-order valence-corrected chi connectivity index (χ1v) is 6.67. The first-order valence-electron chi connectivity index (χ1n) is 6.67. The van der Waals surface area contributed by atoms with E-state index in [0.29, 0.717) is 17.1 Å². The molecule has 1 N–H and O–H groups in total. The number of carbonyl (C=O) groups excluding carboxylic acids is 4. The van der Waals surface area contributed by atoms with Crippen LogP contribution in [0.3, 0.4) is 0 Å². The standard InChI is InChI=1S/C17H13NO5/c1-11(21)18-16-8-14(6-7-15(16)17(22)10-20)23-13-4-2-12(9-19)3-5-13/h2-10H,1H3,(H,18,21). The molecule has 0 aliphatic carbocycles. The van der Waals surface area contributed by atoms with E-state index >= 15 is 0 Å². The van der Waals surface area contributed by atoms with Gasteiger partial charge in [0, 0.05) is 24.1 Å². The molecular weight excluding hydrogens is 298 g/mol. The van der Waals surface area contributed by atoms with E-state index < -0.39 is 5.78 Å². The van der Waals surface area contributed by atoms with Crippen molar-refractivity contribution in [2.75, 3.05) is 5.32 Å². The van der Waals surface area contributed by atoms with Gasteiger partial charge in [-0.3, -0.25) is 19.2 Å². The molecule has 6 nitrogen and oxygen atoms in total. The number of amides is 1. The number of nitrogens with one attached hydrogen (secondary N) is 1. The van der Waals surface area contributed by atoms with Gasteiger partial charge in [-0.1, -0.05) is 0 Å². The maximum Gasteiger partial charge on any atom is 0.227 e. The maximum absolute atomic E-state index is 11.6. The fraction of sp³-hybridized carbons (Fsp3) is 0.0588. The molecule has 0 heterocycles. The lowest BCUT2D eigenvalue weighted by Crippen LogP contribution is -2.11. The molecule has 0 saturated carbocycles. The Balaban J connectivity index is 2.31. The molecule has 0 radical (unpaired) electrons. The molecule has 0 bridgehead atoms. The van der Waals surface area contributed by atoms with Gasteiger partial charge in [-0.2, -0.15) is 0 Å². The van der Waals surface area contributed by atoms with Crippen LogP contribution in [-0.2, 0) is 9.59 Å². The molecule has 0 saturated heterocycles. The maximum atomic E-state index is 11.6. The monoisotopic (exact) mass is 311 g/mol. The lowest BCUT2D eigenvalue weighted by atomic mass is 10.1. The van der Waals surface area contributed by atoms with Crippen molar-refractivity contribution < 1.29 is 23.9 Å². The molecular formula is C17H13NO5. The third-order valence-corrected chi connectivity index (χ3v) is 2.93. The van der Waals surface area contributed by atoms with E-state index in [9.17, 15) is 19.2 Å². The highest BCUT2D eigenvalue weighted by atomic mass is 16.5. The summed E-state index contributed by atoms with van der Waals surface area (Å²) >= 11 is 0. The molecule has 23 heavy (non-hydrogen) atoms. The van der Waals surface area contributed by atoms with Crippen molar-refractivity contribution in [3.05, 3.63) is 53.6 Å². The second kappa shape index (κ2) is 7.13. The number of anilines is 1. The first kappa shape index (κ1) is 16.1. The summed E-state index contributed by atoms with van der Waals surface area (Å²) in [6.07, 6.45) is 0.901. The lowest BCUT2D eigenvalue weighted by Gasteiger charge is -2.11. The van der Waals surface area contributed by atoms with Crippen LogP contribution in [-0.4, -0.2) is 24.3 Å². The average Bonchev–Trinajstić information content (AvgIpc) is 2.54. The average molecular weight is 311 g/mol. The largest absolute Gasteiger partial charge is 0.457 e. The van der Waals surface area contributed by atoms with Gasteiger partial charge < -0.3 is 10.1 Å². The van der Waals surface area contributed by atoms with E-state index in [1.54, 1.807) is 24.3 Å². The van der Waals surface area contributed by atoms with Crippen LogP contribution in [0.4, 0.5) is 5.69 Å². The summed E-state index contributed by atoms with van der Waals surface area (Å²) in [5.41, 5.74) is 0.790. The number of aldehydes is 2. The number of carbonyl (C=O) groups is 4. The minimum atomic E-state index is -0.740. The number of ketones is 1. The number of ether oxygens (including phenoxy) is 1. The van der Waals surface area contributed by atoms with Crippen LogP contribution in [0.2, 0.25) is 0 Å². The summed E-state index contributed by atoms with van der Waals surface area (Å²) < 4.78 is 5.60. The summed E-state index contributed by atoms with van der Waals surface area (Å²) in [6.45, 7) is 1.29. The van der Waals surface area contributed by atoms with E-state index in [2.05, 4.69) is 5.32 Å². The Morgan fingerprint density at radius 1 is 1.00 bits per heavy atom. The highest BCUT2D eigenvalue weighted by molar-refractivity contribution is 6.35. The van der Waals surface area contributed by atoms with Gasteiger partial charge in [0.05, 0.1) is 5.69 Å². The molecule has 2 aromatic carbocycles. The lowest BCUT2D eigenvalue weighted by molar-refractivity contribution is -0.114. The van der Waals surface area contributed by atoms with Crippen molar-refractivity contribution in [1.82, 2.24) is 0 Å². The zero-order chi connectivity index (χ0) is 16.8. The van der Waals surface area contributed by atoms with Crippen LogP contribution in [0.25, 0.3) is 0 Å². The topological polar surface area (TPSA) is 89.5 Å². The second-order valence-corrected chi connectivity index (χ2v) is 4.66. The van der Waals surface area contributed by atoms with E-state index in [0.717, 1.165) is 6.29 Å². The minimum Gasteiger partial charge on any atom is -0.457 e. The number of hydrogen-bond donors (Lipinski definition) is 1. The Hall–Kier alpha value is -3.28. The quantitative estimate of drug-likeness (QED) is 0.503. The molecule has 0 atom stereocenters. The summed E-state index contributed by atoms with van der Waals surface area (Å²) in [5.74, 6) is -0.262. The van der Waals surface area contributed by atoms with Gasteiger partial charge in [0.25, 0.3) is 0 Å². The third-order valence-electron chi connectivity index (χ3n) is 2.93. The SMILES string of the molecule is CC(=O)Nc1cc(Oc2ccc(C=O)cc2)ccc1C(=O)C=O. The zero-order valence-electron chi connectivity index (χ0n) is 12.2. The fourth-order valence-electron chi connectivity index (χ4n) is 1.91. The Bertz CT molecular complexity index is 765. The molecule has 0 spiro atoms. The summed E-state index contributed by atoms with van der Waals surface area (Å²) in [4.78, 5) is 44.1. The minimum absolute atomic E-state index is 0.0823. The van der Waals surface area contributed by atoms with E-state index in [4.69, 9.17) is 4.74 Å². The van der Waals surface area contributed by atoms with Crippen molar-refractivity contribution in [3.63, 3.8) is 0 Å². The zero-order valence-corrected chi connectivity index (χ0v) is 12.2. The molecule has 0 aromatic heterocycles. The van der Waals surface area contributed by atoms with Gasteiger partial charge >= 0.3 is 0 Å². The summed E-state index contributed by atoms with van der Waals surface area (Å²) in [6, 6.07) is 10.8. The first-order chi connectivity index (χ1) is 11.0. The highest BCUT2D eigenvalue weighted by Gasteiger charge is 2.13. The predicted molar refractivity (Wildman–Crippen MR) is 83.0 cm³/mol. The Labute approximate surface area is 132 Å². The number of benzene rings is 2. The molecule has 2 aromatic rings. The smallest absolute Gasteiger partial charge is 0.227 e. The van der Waals surface area contributed by atoms with Crippen molar-refractivity contribution in [3.8, 4) is 11.5 Å². The third kappa shape index (κ3) is 4.10. The Morgan fingerprint density at radius 2 is 1.65 bits per heavy atom. The van der Waals surface area contributed by atoms with Gasteiger partial charge in [0.15, 0.2) is 6.29 Å². The number of rotatable bonds is 6. The normalized spacial score (nSPS) is 9.78. The van der Waals surface area contributed by atoms with Crippen LogP contribution in [0.5, 0.6) is 11.5 Å². The van der Waals surface area contributed by atoms with Crippen LogP contribution < -0.4 is 10.1 Å². The fourth-order valence-corrected chi connectivity index (χ4v) is 1.91. The molecule has 116 valence electrons. The molecule has 1 amide bonds. The van der Waals surface area contributed by atoms with E-state index in [1.807, 2.05) is 0 Å². The highest BCUT2D eigenvalue weighted by Crippen LogP contribution is 2.27. The van der Waals surface area contributed by atoms with Crippen molar-refractivity contribution >= 4 is 30.0 Å². The van der Waals surface area contributed by atoms with Crippen LogP contribution in [0.15, 0.2) is 42.5 Å². The van der Waals surface area contributed by atoms with Crippen LogP contribution in [0, 0.1) is 0 Å². The van der Waals surface area contributed by atoms with Gasteiger partial charge in [-0.25, -0.2) is 0 Å². The Kier molecular flexibility index (Phi) is 4.99. The molecule has 6 heteroatoms. The van der Waals surface area contributed by atoms with E-state index in [-0.39, 0.29) is 23.4 Å². The van der Waals surface area contributed by atoms with Gasteiger partial charge in [0.2, 0.25) is 11.7 Å². The van der Waals surface area contributed by atoms with Gasteiger partial charge in [-0.05, 0) is 36.4 Å². The van der Waals surface area contributed by atoms with Crippen LogP contribution in [0.1, 0.15) is 27.6 Å². The number of Topliss-reactive ketones (excluding diaryl/α,β-unsaturated/α-hetero) is 1. The van der Waals surface area contributed by atoms with Gasteiger partial charge in [-0.15, -0.1) is 0 Å². The summed E-state index contributed by atoms with van der Waals surface area (Å²) in [5, 5.41) is 2.49. The molecule has 2 rings (SSSR count). The van der Waals surface area contributed by atoms with Crippen molar-refractivity contribution in [2.45, 2.75) is 6.92 Å². The van der Waals surface area contributed by atoms with E-state index in [1.165, 1.54) is 25.1 Å². The van der Waals surface area contributed by atoms with Crippen molar-refractivity contribution in [2.24, 2.45) is 0 Å². The van der Waals surface area contributed by atoms with Gasteiger partial charge in [0.1, 0.15) is 17.8 Å². The molecule has 0 aliphatic heterocycles. The molecule has 0 fully saturated rings. The Morgan fingerprint density at radius 3 is 2.22 bits per heavy atom. The predicted octanol–water partition coefficient (Wildman–Crippen LogP) is 2.63. The second-order valence-electron chi connectivity index (χ2n) is 4.66.